The van der Waals surface area contributed by atoms with Crippen LogP contribution in [-0.4, -0.2) is 75.3 Å². The fourth-order valence-corrected chi connectivity index (χ4v) is 6.60. The van der Waals surface area contributed by atoms with E-state index in [9.17, 15) is 19.8 Å². The van der Waals surface area contributed by atoms with Gasteiger partial charge in [0, 0.05) is 61.5 Å². The number of carbonyl (C=O) groups is 2. The van der Waals surface area contributed by atoms with Gasteiger partial charge in [0.15, 0.2) is 5.88 Å². The Hall–Kier alpha value is -3.52. The van der Waals surface area contributed by atoms with E-state index >= 15 is 0 Å². The van der Waals surface area contributed by atoms with Gasteiger partial charge in [-0.05, 0) is 42.5 Å². The number of amides is 1. The van der Waals surface area contributed by atoms with Gasteiger partial charge in [0.05, 0.1) is 19.1 Å². The van der Waals surface area contributed by atoms with Gasteiger partial charge in [0.25, 0.3) is 0 Å². The number of carboxylic acid groups (broad SMARTS) is 1. The van der Waals surface area contributed by atoms with Gasteiger partial charge in [-0.3, -0.25) is 14.5 Å². The summed E-state index contributed by atoms with van der Waals surface area (Å²) < 4.78 is 7.50. The van der Waals surface area contributed by atoms with Gasteiger partial charge in [0.2, 0.25) is 5.91 Å². The third-order valence-corrected chi connectivity index (χ3v) is 8.86. The van der Waals surface area contributed by atoms with Crippen LogP contribution in [0.15, 0.2) is 48.7 Å². The summed E-state index contributed by atoms with van der Waals surface area (Å²) in [6, 6.07) is 13.4. The summed E-state index contributed by atoms with van der Waals surface area (Å²) in [6.07, 6.45) is 7.19. The SMILES string of the molecule is CCCCN(CCCC)C(=O)CN1C[C@H](c2ccc3c(c2)CCO3)[C@@H](C(=O)O)[C@@H]1CCn1cc2ccccc2c1O. The first-order valence-electron chi connectivity index (χ1n) is 15.2. The number of fused-ring (bicyclic) bond motifs is 2. The maximum absolute atomic E-state index is 13.7. The summed E-state index contributed by atoms with van der Waals surface area (Å²) in [4.78, 5) is 30.6. The van der Waals surface area contributed by atoms with Crippen molar-refractivity contribution in [1.82, 2.24) is 14.4 Å². The number of benzene rings is 2. The van der Waals surface area contributed by atoms with Crippen LogP contribution in [-0.2, 0) is 22.6 Å². The number of hydrogen-bond donors (Lipinski definition) is 2. The Morgan fingerprint density at radius 1 is 1.07 bits per heavy atom. The van der Waals surface area contributed by atoms with Crippen molar-refractivity contribution < 1.29 is 24.5 Å². The van der Waals surface area contributed by atoms with Crippen molar-refractivity contribution in [3.8, 4) is 11.6 Å². The van der Waals surface area contributed by atoms with Crippen LogP contribution in [0.2, 0.25) is 0 Å². The molecule has 8 nitrogen and oxygen atoms in total. The lowest BCUT2D eigenvalue weighted by Gasteiger charge is -2.30. The van der Waals surface area contributed by atoms with Crippen molar-refractivity contribution in [3.63, 3.8) is 0 Å². The number of unbranched alkanes of at least 4 members (excludes halogenated alkanes) is 2. The Morgan fingerprint density at radius 3 is 2.54 bits per heavy atom. The highest BCUT2D eigenvalue weighted by molar-refractivity contribution is 5.87. The molecule has 0 spiro atoms. The first kappa shape index (κ1) is 29.0. The smallest absolute Gasteiger partial charge is 0.308 e. The minimum atomic E-state index is -0.845. The van der Waals surface area contributed by atoms with Crippen LogP contribution in [0.25, 0.3) is 10.8 Å². The van der Waals surface area contributed by atoms with Crippen LogP contribution < -0.4 is 4.74 Å². The third kappa shape index (κ3) is 6.22. The number of ether oxygens (including phenoxy) is 1. The van der Waals surface area contributed by atoms with Crippen LogP contribution in [0.1, 0.15) is 63.0 Å². The lowest BCUT2D eigenvalue weighted by atomic mass is 9.83. The highest BCUT2D eigenvalue weighted by Crippen LogP contribution is 2.41. The molecule has 8 heteroatoms. The molecule has 41 heavy (non-hydrogen) atoms. The van der Waals surface area contributed by atoms with Crippen LogP contribution >= 0.6 is 0 Å². The summed E-state index contributed by atoms with van der Waals surface area (Å²) >= 11 is 0. The van der Waals surface area contributed by atoms with Crippen molar-refractivity contribution in [2.45, 2.75) is 70.9 Å². The maximum atomic E-state index is 13.7. The van der Waals surface area contributed by atoms with Gasteiger partial charge in [0.1, 0.15) is 5.75 Å². The Balaban J connectivity index is 1.43. The highest BCUT2D eigenvalue weighted by atomic mass is 16.5. The standard InChI is InChI=1S/C33H43N3O5/c1-3-5-15-34(16-6-4-2)30(37)22-36-21-27(23-11-12-29-24(19-23)14-18-41-29)31(33(39)40)28(36)13-17-35-20-25-9-7-8-10-26(25)32(35)38/h7-12,19-20,27-28,31,38H,3-6,13-18,21-22H2,1-2H3,(H,39,40)/t27-,28+,31-/m1/s1. The molecule has 1 fully saturated rings. The molecule has 0 bridgehead atoms. The minimum absolute atomic E-state index is 0.0681. The number of aromatic hydroxyl groups is 1. The molecule has 220 valence electrons. The van der Waals surface area contributed by atoms with Gasteiger partial charge >= 0.3 is 5.97 Å². The van der Waals surface area contributed by atoms with E-state index in [1.807, 2.05) is 47.5 Å². The fourth-order valence-electron chi connectivity index (χ4n) is 6.60. The van der Waals surface area contributed by atoms with Crippen molar-refractivity contribution >= 4 is 22.6 Å². The van der Waals surface area contributed by atoms with Crippen LogP contribution in [0.3, 0.4) is 0 Å². The number of aliphatic carboxylic acids is 1. The van der Waals surface area contributed by atoms with Gasteiger partial charge < -0.3 is 24.4 Å². The summed E-state index contributed by atoms with van der Waals surface area (Å²) in [5.41, 5.74) is 2.11. The monoisotopic (exact) mass is 561 g/mol. The Morgan fingerprint density at radius 2 is 1.83 bits per heavy atom. The molecule has 2 N–H and O–H groups in total. The van der Waals surface area contributed by atoms with Gasteiger partial charge in [-0.25, -0.2) is 0 Å². The number of likely N-dealkylation sites (tertiary alicyclic amines) is 1. The maximum Gasteiger partial charge on any atom is 0.308 e. The zero-order chi connectivity index (χ0) is 28.9. The van der Waals surface area contributed by atoms with Crippen LogP contribution in [0.5, 0.6) is 11.6 Å². The minimum Gasteiger partial charge on any atom is -0.494 e. The molecule has 3 heterocycles. The molecule has 1 amide bonds. The van der Waals surface area contributed by atoms with Gasteiger partial charge in [-0.1, -0.05) is 57.0 Å². The van der Waals surface area contributed by atoms with Crippen molar-refractivity contribution in [1.29, 1.82) is 0 Å². The largest absolute Gasteiger partial charge is 0.494 e. The average Bonchev–Trinajstić information content (AvgIpc) is 3.67. The lowest BCUT2D eigenvalue weighted by molar-refractivity contribution is -0.144. The highest BCUT2D eigenvalue weighted by Gasteiger charge is 2.47. The topological polar surface area (TPSA) is 95.2 Å². The van der Waals surface area contributed by atoms with Crippen molar-refractivity contribution in [2.75, 3.05) is 32.8 Å². The predicted molar refractivity (Wildman–Crippen MR) is 159 cm³/mol. The predicted octanol–water partition coefficient (Wildman–Crippen LogP) is 5.27. The van der Waals surface area contributed by atoms with E-state index in [2.05, 4.69) is 24.8 Å². The second-order valence-electron chi connectivity index (χ2n) is 11.5. The number of nitrogens with zero attached hydrogens (tertiary/aromatic N) is 3. The molecule has 1 saturated heterocycles. The third-order valence-electron chi connectivity index (χ3n) is 8.86. The molecule has 0 radical (unpaired) electrons. The van der Waals surface area contributed by atoms with E-state index < -0.39 is 11.9 Å². The second kappa shape index (κ2) is 13.0. The van der Waals surface area contributed by atoms with Crippen molar-refractivity contribution in [3.05, 3.63) is 59.8 Å². The molecule has 0 unspecified atom stereocenters. The summed E-state index contributed by atoms with van der Waals surface area (Å²) in [5.74, 6) is -0.627. The summed E-state index contributed by atoms with van der Waals surface area (Å²) in [7, 11) is 0. The Labute approximate surface area is 242 Å². The Bertz CT molecular complexity index is 1360. The molecule has 2 aromatic carbocycles. The van der Waals surface area contributed by atoms with E-state index in [0.717, 1.165) is 72.8 Å². The zero-order valence-electron chi connectivity index (χ0n) is 24.3. The van der Waals surface area contributed by atoms with Crippen LogP contribution in [0, 0.1) is 5.92 Å². The molecule has 2 aliphatic heterocycles. The molecular weight excluding hydrogens is 518 g/mol. The molecule has 0 saturated carbocycles. The molecular formula is C33H43N3O5. The van der Waals surface area contributed by atoms with E-state index in [1.54, 1.807) is 4.57 Å². The Kier molecular flexibility index (Phi) is 9.18. The van der Waals surface area contributed by atoms with Crippen LogP contribution in [0.4, 0.5) is 0 Å². The van der Waals surface area contributed by atoms with Crippen molar-refractivity contribution in [2.24, 2.45) is 5.92 Å². The second-order valence-corrected chi connectivity index (χ2v) is 11.5. The molecule has 3 aromatic rings. The number of aryl methyl sites for hydroxylation is 1. The summed E-state index contributed by atoms with van der Waals surface area (Å²) in [6.45, 7) is 7.52. The number of aromatic nitrogens is 1. The molecule has 3 atom stereocenters. The number of carboxylic acids is 1. The van der Waals surface area contributed by atoms with Gasteiger partial charge in [-0.15, -0.1) is 0 Å². The number of rotatable bonds is 13. The molecule has 1 aromatic heterocycles. The lowest BCUT2D eigenvalue weighted by Crippen LogP contribution is -2.45. The first-order chi connectivity index (χ1) is 19.9. The molecule has 5 rings (SSSR count). The molecule has 2 aliphatic rings. The van der Waals surface area contributed by atoms with E-state index in [0.29, 0.717) is 26.1 Å². The summed E-state index contributed by atoms with van der Waals surface area (Å²) in [5, 5.41) is 23.2. The number of carbonyl (C=O) groups excluding carboxylic acids is 1. The van der Waals surface area contributed by atoms with Gasteiger partial charge in [-0.2, -0.15) is 0 Å². The fraction of sp³-hybridized carbons (Fsp3) is 0.515. The quantitative estimate of drug-likeness (QED) is 0.295. The zero-order valence-corrected chi connectivity index (χ0v) is 24.3. The first-order valence-corrected chi connectivity index (χ1v) is 15.2. The van der Waals surface area contributed by atoms with E-state index in [4.69, 9.17) is 4.74 Å². The van der Waals surface area contributed by atoms with E-state index in [1.165, 1.54) is 0 Å². The normalized spacial score (nSPS) is 20.3. The van der Waals surface area contributed by atoms with E-state index in [-0.39, 0.29) is 30.3 Å². The average molecular weight is 562 g/mol. The number of hydrogen-bond acceptors (Lipinski definition) is 5. The molecule has 0 aliphatic carbocycles.